The summed E-state index contributed by atoms with van der Waals surface area (Å²) in [6.07, 6.45) is 0. The van der Waals surface area contributed by atoms with Crippen LogP contribution in [0, 0.1) is 25.7 Å². The molecule has 0 fully saturated rings. The lowest BCUT2D eigenvalue weighted by Gasteiger charge is -2.14. The number of benzene rings is 1. The van der Waals surface area contributed by atoms with Crippen molar-refractivity contribution in [1.29, 1.82) is 0 Å². The van der Waals surface area contributed by atoms with Crippen molar-refractivity contribution in [2.45, 2.75) is 34.6 Å². The van der Waals surface area contributed by atoms with Gasteiger partial charge in [-0.2, -0.15) is 0 Å². The number of hydrogen-bond donors (Lipinski definition) is 0. The average Bonchev–Trinajstić information content (AvgIpc) is 2.13. The maximum absolute atomic E-state index is 12.1. The SMILES string of the molecule is Cc1cc(C)cc(C(=O)C(C)C(C)C)c1. The smallest absolute Gasteiger partial charge is 0.165 e. The minimum absolute atomic E-state index is 0.103. The lowest BCUT2D eigenvalue weighted by molar-refractivity contribution is 0.0899. The van der Waals surface area contributed by atoms with Crippen molar-refractivity contribution < 1.29 is 4.79 Å². The van der Waals surface area contributed by atoms with Crippen molar-refractivity contribution in [2.75, 3.05) is 0 Å². The molecule has 82 valence electrons. The molecule has 0 amide bonds. The van der Waals surface area contributed by atoms with Crippen LogP contribution in [0.4, 0.5) is 0 Å². The molecule has 0 saturated carbocycles. The third kappa shape index (κ3) is 2.92. The predicted molar refractivity (Wildman–Crippen MR) is 64.2 cm³/mol. The Morgan fingerprint density at radius 2 is 1.47 bits per heavy atom. The minimum atomic E-state index is 0.103. The largest absolute Gasteiger partial charge is 0.294 e. The first-order chi connectivity index (χ1) is 6.91. The number of rotatable bonds is 3. The van der Waals surface area contributed by atoms with E-state index in [1.807, 2.05) is 32.9 Å². The Morgan fingerprint density at radius 1 is 1.00 bits per heavy atom. The predicted octanol–water partition coefficient (Wildman–Crippen LogP) is 3.78. The molecule has 0 aliphatic heterocycles. The van der Waals surface area contributed by atoms with Gasteiger partial charge in [0.1, 0.15) is 0 Å². The maximum Gasteiger partial charge on any atom is 0.165 e. The molecule has 1 aromatic carbocycles. The van der Waals surface area contributed by atoms with Gasteiger partial charge in [-0.3, -0.25) is 4.79 Å². The molecule has 1 atom stereocenters. The molecule has 1 heteroatoms. The lowest BCUT2D eigenvalue weighted by Crippen LogP contribution is -2.17. The minimum Gasteiger partial charge on any atom is -0.294 e. The highest BCUT2D eigenvalue weighted by Gasteiger charge is 2.18. The van der Waals surface area contributed by atoms with Gasteiger partial charge in [0.2, 0.25) is 0 Å². The Bertz CT molecular complexity index is 343. The molecule has 0 aliphatic rings. The standard InChI is InChI=1S/C14H20O/c1-9(2)12(5)14(15)13-7-10(3)6-11(4)8-13/h6-9,12H,1-5H3. The number of aryl methyl sites for hydroxylation is 2. The van der Waals surface area contributed by atoms with Crippen LogP contribution in [0.25, 0.3) is 0 Å². The van der Waals surface area contributed by atoms with E-state index in [1.165, 1.54) is 0 Å². The second-order valence-corrected chi connectivity index (χ2v) is 4.77. The van der Waals surface area contributed by atoms with Crippen molar-refractivity contribution in [2.24, 2.45) is 11.8 Å². The Morgan fingerprint density at radius 3 is 1.87 bits per heavy atom. The summed E-state index contributed by atoms with van der Waals surface area (Å²) in [6.45, 7) is 10.2. The Balaban J connectivity index is 3.01. The Kier molecular flexibility index (Phi) is 3.67. The number of ketones is 1. The molecule has 1 nitrogen and oxygen atoms in total. The highest BCUT2D eigenvalue weighted by atomic mass is 16.1. The van der Waals surface area contributed by atoms with E-state index in [0.29, 0.717) is 5.92 Å². The molecular weight excluding hydrogens is 184 g/mol. The first-order valence-electron chi connectivity index (χ1n) is 5.54. The lowest BCUT2D eigenvalue weighted by atomic mass is 9.89. The van der Waals surface area contributed by atoms with Crippen LogP contribution < -0.4 is 0 Å². The maximum atomic E-state index is 12.1. The van der Waals surface area contributed by atoms with Gasteiger partial charge >= 0.3 is 0 Å². The van der Waals surface area contributed by atoms with Crippen LogP contribution in [0.15, 0.2) is 18.2 Å². The first kappa shape index (κ1) is 12.0. The van der Waals surface area contributed by atoms with Gasteiger partial charge in [0.05, 0.1) is 0 Å². The van der Waals surface area contributed by atoms with Gasteiger partial charge in [-0.25, -0.2) is 0 Å². The quantitative estimate of drug-likeness (QED) is 0.685. The van der Waals surface area contributed by atoms with E-state index >= 15 is 0 Å². The fraction of sp³-hybridized carbons (Fsp3) is 0.500. The topological polar surface area (TPSA) is 17.1 Å². The molecule has 0 aromatic heterocycles. The van der Waals surface area contributed by atoms with Crippen LogP contribution in [0.5, 0.6) is 0 Å². The zero-order valence-corrected chi connectivity index (χ0v) is 10.3. The summed E-state index contributed by atoms with van der Waals surface area (Å²) < 4.78 is 0. The third-order valence-corrected chi connectivity index (χ3v) is 2.92. The summed E-state index contributed by atoms with van der Waals surface area (Å²) in [5.41, 5.74) is 3.18. The van der Waals surface area contributed by atoms with Crippen LogP contribution in [-0.2, 0) is 0 Å². The van der Waals surface area contributed by atoms with Gasteiger partial charge in [0.15, 0.2) is 5.78 Å². The van der Waals surface area contributed by atoms with Crippen LogP contribution in [0.1, 0.15) is 42.3 Å². The van der Waals surface area contributed by atoms with Gasteiger partial charge in [0, 0.05) is 11.5 Å². The second-order valence-electron chi connectivity index (χ2n) is 4.77. The van der Waals surface area contributed by atoms with E-state index in [0.717, 1.165) is 16.7 Å². The summed E-state index contributed by atoms with van der Waals surface area (Å²) in [6, 6.07) is 6.05. The van der Waals surface area contributed by atoms with Crippen LogP contribution >= 0.6 is 0 Å². The van der Waals surface area contributed by atoms with Crippen LogP contribution in [0.2, 0.25) is 0 Å². The molecule has 15 heavy (non-hydrogen) atoms. The zero-order valence-electron chi connectivity index (χ0n) is 10.3. The molecule has 1 unspecified atom stereocenters. The molecule has 1 rings (SSSR count). The monoisotopic (exact) mass is 204 g/mol. The number of carbonyl (C=O) groups is 1. The van der Waals surface area contributed by atoms with Crippen molar-refractivity contribution in [1.82, 2.24) is 0 Å². The fourth-order valence-electron chi connectivity index (χ4n) is 1.68. The van der Waals surface area contributed by atoms with E-state index in [9.17, 15) is 4.79 Å². The summed E-state index contributed by atoms with van der Waals surface area (Å²) in [7, 11) is 0. The normalized spacial score (nSPS) is 12.9. The van der Waals surface area contributed by atoms with Gasteiger partial charge in [-0.05, 0) is 31.9 Å². The molecule has 0 bridgehead atoms. The third-order valence-electron chi connectivity index (χ3n) is 2.92. The second kappa shape index (κ2) is 4.61. The summed E-state index contributed by atoms with van der Waals surface area (Å²) in [5, 5.41) is 0. The van der Waals surface area contributed by atoms with E-state index in [4.69, 9.17) is 0 Å². The van der Waals surface area contributed by atoms with Crippen molar-refractivity contribution in [3.05, 3.63) is 34.9 Å². The molecule has 0 spiro atoms. The van der Waals surface area contributed by atoms with Crippen LogP contribution in [0.3, 0.4) is 0 Å². The highest BCUT2D eigenvalue weighted by Crippen LogP contribution is 2.18. The first-order valence-corrected chi connectivity index (χ1v) is 5.54. The molecule has 0 saturated heterocycles. The summed E-state index contributed by atoms with van der Waals surface area (Å²) in [5.74, 6) is 0.765. The van der Waals surface area contributed by atoms with E-state index < -0.39 is 0 Å². The molecule has 0 radical (unpaired) electrons. The molecular formula is C14H20O. The van der Waals surface area contributed by atoms with Crippen molar-refractivity contribution in [3.63, 3.8) is 0 Å². The molecule has 0 N–H and O–H groups in total. The van der Waals surface area contributed by atoms with Crippen molar-refractivity contribution in [3.8, 4) is 0 Å². The van der Waals surface area contributed by atoms with Gasteiger partial charge in [-0.15, -0.1) is 0 Å². The summed E-state index contributed by atoms with van der Waals surface area (Å²) in [4.78, 5) is 12.1. The van der Waals surface area contributed by atoms with Gasteiger partial charge in [-0.1, -0.05) is 38.0 Å². The number of Topliss-reactive ketones (excluding diaryl/α,β-unsaturated/α-hetero) is 1. The van der Waals surface area contributed by atoms with Gasteiger partial charge < -0.3 is 0 Å². The van der Waals surface area contributed by atoms with E-state index in [1.54, 1.807) is 0 Å². The molecule has 1 aromatic rings. The zero-order chi connectivity index (χ0) is 11.6. The average molecular weight is 204 g/mol. The molecule has 0 aliphatic carbocycles. The Hall–Kier alpha value is -1.11. The van der Waals surface area contributed by atoms with Gasteiger partial charge in [0.25, 0.3) is 0 Å². The highest BCUT2D eigenvalue weighted by molar-refractivity contribution is 5.98. The fourth-order valence-corrected chi connectivity index (χ4v) is 1.68. The van der Waals surface area contributed by atoms with E-state index in [2.05, 4.69) is 19.9 Å². The van der Waals surface area contributed by atoms with E-state index in [-0.39, 0.29) is 11.7 Å². The molecule has 0 heterocycles. The Labute approximate surface area is 92.5 Å². The summed E-state index contributed by atoms with van der Waals surface area (Å²) >= 11 is 0. The van der Waals surface area contributed by atoms with Crippen LogP contribution in [-0.4, -0.2) is 5.78 Å². The number of hydrogen-bond acceptors (Lipinski definition) is 1. The number of carbonyl (C=O) groups excluding carboxylic acids is 1. The van der Waals surface area contributed by atoms with Crippen molar-refractivity contribution >= 4 is 5.78 Å².